The molecule has 0 aliphatic carbocycles. The fourth-order valence-corrected chi connectivity index (χ4v) is 12.6. The van der Waals surface area contributed by atoms with Crippen LogP contribution in [0.15, 0.2) is 97.1 Å². The molecule has 0 atom stereocenters. The molecular weight excluding hydrogens is 722 g/mol. The molecule has 0 aliphatic heterocycles. The number of nitrogens with zero attached hydrogens (tertiary/aromatic N) is 2. The van der Waals surface area contributed by atoms with E-state index in [4.69, 9.17) is 10.6 Å². The van der Waals surface area contributed by atoms with E-state index in [1.807, 2.05) is 36.4 Å². The third-order valence-corrected chi connectivity index (χ3v) is 15.3. The van der Waals surface area contributed by atoms with Gasteiger partial charge >= 0.3 is 17.1 Å². The summed E-state index contributed by atoms with van der Waals surface area (Å²) in [4.78, 5) is 0. The Labute approximate surface area is 317 Å². The predicted octanol–water partition coefficient (Wildman–Crippen LogP) is 12.7. The molecule has 4 rings (SSSR count). The van der Waals surface area contributed by atoms with E-state index >= 15 is 0 Å². The molecule has 0 unspecified atom stereocenters. The van der Waals surface area contributed by atoms with Crippen LogP contribution in [0.2, 0.25) is 0 Å². The Morgan fingerprint density at radius 2 is 0.688 bits per heavy atom. The van der Waals surface area contributed by atoms with Gasteiger partial charge in [-0.1, -0.05) is 104 Å². The first-order chi connectivity index (χ1) is 21.9. The van der Waals surface area contributed by atoms with E-state index in [1.165, 1.54) is 35.3 Å². The summed E-state index contributed by atoms with van der Waals surface area (Å²) in [6, 6.07) is 33.7. The van der Waals surface area contributed by atoms with Crippen molar-refractivity contribution in [3.8, 4) is 0 Å². The number of para-hydroxylation sites is 4. The summed E-state index contributed by atoms with van der Waals surface area (Å²) in [6.45, 7) is 26.8. The first-order valence-corrected chi connectivity index (χ1v) is 20.9. The second-order valence-corrected chi connectivity index (χ2v) is 19.2. The summed E-state index contributed by atoms with van der Waals surface area (Å²) in [5.74, 6) is 2.93. The third kappa shape index (κ3) is 14.9. The number of hydrogen-bond acceptors (Lipinski definition) is 0. The summed E-state index contributed by atoms with van der Waals surface area (Å²) in [5.41, 5.74) is 6.22. The van der Waals surface area contributed by atoms with Gasteiger partial charge in [-0.05, 0) is 35.8 Å². The summed E-state index contributed by atoms with van der Waals surface area (Å²) in [5, 5.41) is 12.8. The van der Waals surface area contributed by atoms with Gasteiger partial charge in [0.2, 0.25) is 0 Å². The molecule has 4 aromatic rings. The van der Waals surface area contributed by atoms with Crippen molar-refractivity contribution in [3.63, 3.8) is 0 Å². The number of benzene rings is 4. The summed E-state index contributed by atoms with van der Waals surface area (Å²) < 4.78 is 0. The van der Waals surface area contributed by atoms with Crippen molar-refractivity contribution in [1.82, 2.24) is 0 Å². The standard InChI is InChI=1S/2C21H28NP.2Cu/c2*1-16(2)14-23(15-17(3)4)21-13-9-8-12-20(21)22-19-11-7-6-10-18(19)5;;/h2*6-13,16-17H,5,14-15H2,1-4H3;;/q2*-2;;+2/p+2. The SMILES string of the molecule is [CH2-]c1ccccc1[N-]c1ccccc1[PH+](CC(C)C)CC(C)C.[CH2-]c1ccccc1[N-]c1ccccc1[PH+](CC(C)C)CC(C)C.[Cu+2].[Cu]. The maximum Gasteiger partial charge on any atom is 2.00 e. The van der Waals surface area contributed by atoms with E-state index in [1.54, 1.807) is 0 Å². The molecule has 2 nitrogen and oxygen atoms in total. The maximum absolute atomic E-state index is 4.94. The molecule has 0 spiro atoms. The van der Waals surface area contributed by atoms with Crippen molar-refractivity contribution in [2.24, 2.45) is 23.7 Å². The Kier molecular flexibility index (Phi) is 20.9. The van der Waals surface area contributed by atoms with Crippen LogP contribution in [-0.2, 0) is 34.1 Å². The van der Waals surface area contributed by atoms with E-state index in [9.17, 15) is 0 Å². The number of rotatable bonds is 14. The Morgan fingerprint density at radius 1 is 0.438 bits per heavy atom. The third-order valence-electron chi connectivity index (χ3n) is 7.65. The predicted molar refractivity (Wildman–Crippen MR) is 215 cm³/mol. The van der Waals surface area contributed by atoms with Crippen LogP contribution in [-0.4, -0.2) is 24.6 Å². The van der Waals surface area contributed by atoms with Gasteiger partial charge in [0.1, 0.15) is 0 Å². The van der Waals surface area contributed by atoms with Crippen LogP contribution in [0.5, 0.6) is 0 Å². The fourth-order valence-electron chi connectivity index (χ4n) is 5.82. The quantitative estimate of drug-likeness (QED) is 0.0693. The van der Waals surface area contributed by atoms with Gasteiger partial charge in [0, 0.05) is 32.9 Å². The summed E-state index contributed by atoms with van der Waals surface area (Å²) >= 11 is 0. The molecule has 6 heteroatoms. The van der Waals surface area contributed by atoms with Crippen molar-refractivity contribution in [2.45, 2.75) is 55.4 Å². The molecule has 0 aliphatic rings. The summed E-state index contributed by atoms with van der Waals surface area (Å²) in [7, 11) is -1.19. The van der Waals surface area contributed by atoms with Crippen LogP contribution < -0.4 is 10.6 Å². The van der Waals surface area contributed by atoms with Gasteiger partial charge in [-0.25, -0.2) is 25.0 Å². The second kappa shape index (κ2) is 22.8. The van der Waals surface area contributed by atoms with Crippen LogP contribution in [0.3, 0.4) is 0 Å². The minimum atomic E-state index is -0.597. The van der Waals surface area contributed by atoms with E-state index < -0.39 is 15.8 Å². The smallest absolute Gasteiger partial charge is 0.712 e. The normalized spacial score (nSPS) is 11.0. The second-order valence-electron chi connectivity index (χ2n) is 14.1. The molecule has 0 bridgehead atoms. The molecule has 48 heavy (non-hydrogen) atoms. The average Bonchev–Trinajstić information content (AvgIpc) is 2.99. The minimum absolute atomic E-state index is 0. The largest absolute Gasteiger partial charge is 2.00 e. The van der Waals surface area contributed by atoms with Crippen molar-refractivity contribution < 1.29 is 34.1 Å². The van der Waals surface area contributed by atoms with Crippen LogP contribution >= 0.6 is 15.8 Å². The van der Waals surface area contributed by atoms with E-state index in [2.05, 4.69) is 130 Å². The van der Waals surface area contributed by atoms with Crippen LogP contribution in [0.1, 0.15) is 66.5 Å². The Bertz CT molecular complexity index is 1340. The monoisotopic (exact) mass is 778 g/mol. The molecule has 0 heterocycles. The van der Waals surface area contributed by atoms with Gasteiger partial charge in [0.25, 0.3) is 0 Å². The number of hydrogen-bond donors (Lipinski definition) is 0. The Balaban J connectivity index is 0.000000461. The van der Waals surface area contributed by atoms with Crippen molar-refractivity contribution in [2.75, 3.05) is 24.6 Å². The van der Waals surface area contributed by atoms with Crippen LogP contribution in [0, 0.1) is 37.5 Å². The fraction of sp³-hybridized carbons (Fsp3) is 0.381. The van der Waals surface area contributed by atoms with Gasteiger partial charge in [-0.15, -0.1) is 35.6 Å². The van der Waals surface area contributed by atoms with E-state index in [-0.39, 0.29) is 34.1 Å². The van der Waals surface area contributed by atoms with Crippen molar-refractivity contribution >= 4 is 49.2 Å². The molecule has 0 fully saturated rings. The topological polar surface area (TPSA) is 28.2 Å². The molecule has 0 aromatic heterocycles. The van der Waals surface area contributed by atoms with Gasteiger partial charge in [-0.3, -0.25) is 11.4 Å². The minimum Gasteiger partial charge on any atom is -0.712 e. The molecule has 268 valence electrons. The molecular formula is C42H58Cu2N2P2. The average molecular weight is 780 g/mol. The van der Waals surface area contributed by atoms with Gasteiger partial charge < -0.3 is 10.6 Å². The van der Waals surface area contributed by atoms with Crippen LogP contribution in [0.4, 0.5) is 22.7 Å². The Hall–Kier alpha value is -1.88. The zero-order valence-corrected chi connectivity index (χ0v) is 34.2. The zero-order chi connectivity index (χ0) is 33.6. The van der Waals surface area contributed by atoms with Gasteiger partial charge in [0.05, 0.1) is 35.3 Å². The maximum atomic E-state index is 4.94. The zero-order valence-electron chi connectivity index (χ0n) is 30.3. The molecule has 0 N–H and O–H groups in total. The van der Waals surface area contributed by atoms with E-state index in [0.717, 1.165) is 57.5 Å². The van der Waals surface area contributed by atoms with Crippen molar-refractivity contribution in [3.05, 3.63) is 133 Å². The van der Waals surface area contributed by atoms with Gasteiger partial charge in [-0.2, -0.15) is 12.1 Å². The molecule has 4 aromatic carbocycles. The van der Waals surface area contributed by atoms with Crippen molar-refractivity contribution in [1.29, 1.82) is 0 Å². The molecule has 0 saturated carbocycles. The Morgan fingerprint density at radius 3 is 0.958 bits per heavy atom. The van der Waals surface area contributed by atoms with Crippen LogP contribution in [0.25, 0.3) is 10.6 Å². The first kappa shape index (κ1) is 44.1. The first-order valence-electron chi connectivity index (χ1n) is 17.1. The van der Waals surface area contributed by atoms with E-state index in [0.29, 0.717) is 0 Å². The molecule has 0 saturated heterocycles. The molecule has 2 radical (unpaired) electrons. The summed E-state index contributed by atoms with van der Waals surface area (Å²) in [6.07, 6.45) is 5.23. The van der Waals surface area contributed by atoms with Gasteiger partial charge in [0.15, 0.2) is 0 Å². The molecule has 0 amide bonds.